The lowest BCUT2D eigenvalue weighted by atomic mass is 10.2. The van der Waals surface area contributed by atoms with E-state index in [1.54, 1.807) is 6.07 Å². The molecular formula is C12H15NO4. The van der Waals surface area contributed by atoms with Crippen molar-refractivity contribution in [1.82, 2.24) is 0 Å². The van der Waals surface area contributed by atoms with Gasteiger partial charge < -0.3 is 9.84 Å². The first-order valence-electron chi connectivity index (χ1n) is 5.67. The molecule has 17 heavy (non-hydrogen) atoms. The molecule has 1 aromatic carbocycles. The molecule has 0 spiro atoms. The molecule has 0 radical (unpaired) electrons. The van der Waals surface area contributed by atoms with E-state index in [9.17, 15) is 15.2 Å². The van der Waals surface area contributed by atoms with Crippen LogP contribution in [-0.4, -0.2) is 22.2 Å². The molecule has 0 amide bonds. The number of benzene rings is 1. The van der Waals surface area contributed by atoms with Crippen LogP contribution in [0.15, 0.2) is 18.2 Å². The first-order chi connectivity index (χ1) is 8.08. The van der Waals surface area contributed by atoms with Crippen LogP contribution in [0, 0.1) is 17.0 Å². The number of aliphatic hydroxyl groups is 1. The van der Waals surface area contributed by atoms with E-state index in [0.717, 1.165) is 24.8 Å². The lowest BCUT2D eigenvalue weighted by Gasteiger charge is -2.18. The van der Waals surface area contributed by atoms with Gasteiger partial charge in [0.05, 0.1) is 17.1 Å². The van der Waals surface area contributed by atoms with Gasteiger partial charge in [-0.2, -0.15) is 0 Å². The van der Waals surface area contributed by atoms with Gasteiger partial charge in [-0.1, -0.05) is 0 Å². The number of rotatable bonds is 3. The van der Waals surface area contributed by atoms with Crippen LogP contribution < -0.4 is 4.74 Å². The lowest BCUT2D eigenvalue weighted by Crippen LogP contribution is -2.25. The Kier molecular flexibility index (Phi) is 3.28. The topological polar surface area (TPSA) is 72.6 Å². The van der Waals surface area contributed by atoms with Crippen molar-refractivity contribution in [2.75, 3.05) is 0 Å². The van der Waals surface area contributed by atoms with Gasteiger partial charge in [0.1, 0.15) is 11.9 Å². The van der Waals surface area contributed by atoms with Gasteiger partial charge >= 0.3 is 0 Å². The van der Waals surface area contributed by atoms with Gasteiger partial charge in [0, 0.05) is 6.07 Å². The fourth-order valence-corrected chi connectivity index (χ4v) is 2.04. The summed E-state index contributed by atoms with van der Waals surface area (Å²) in [6, 6.07) is 4.53. The number of ether oxygens (including phenoxy) is 1. The molecular weight excluding hydrogens is 222 g/mol. The summed E-state index contributed by atoms with van der Waals surface area (Å²) in [4.78, 5) is 10.2. The first kappa shape index (κ1) is 11.9. The van der Waals surface area contributed by atoms with Crippen molar-refractivity contribution >= 4 is 5.69 Å². The van der Waals surface area contributed by atoms with Crippen LogP contribution in [0.25, 0.3) is 0 Å². The summed E-state index contributed by atoms with van der Waals surface area (Å²) in [7, 11) is 0. The Morgan fingerprint density at radius 3 is 2.82 bits per heavy atom. The maximum Gasteiger partial charge on any atom is 0.273 e. The van der Waals surface area contributed by atoms with E-state index in [0.29, 0.717) is 5.75 Å². The third-order valence-corrected chi connectivity index (χ3v) is 3.08. The van der Waals surface area contributed by atoms with E-state index in [2.05, 4.69) is 0 Å². The van der Waals surface area contributed by atoms with Crippen molar-refractivity contribution < 1.29 is 14.8 Å². The molecule has 0 heterocycles. The Hall–Kier alpha value is -1.62. The fourth-order valence-electron chi connectivity index (χ4n) is 2.04. The van der Waals surface area contributed by atoms with Crippen LogP contribution in [0.5, 0.6) is 5.75 Å². The highest BCUT2D eigenvalue weighted by atomic mass is 16.6. The predicted molar refractivity (Wildman–Crippen MR) is 62.1 cm³/mol. The average molecular weight is 237 g/mol. The smallest absolute Gasteiger partial charge is 0.273 e. The fraction of sp³-hybridized carbons (Fsp3) is 0.500. The third-order valence-electron chi connectivity index (χ3n) is 3.08. The quantitative estimate of drug-likeness (QED) is 0.646. The second-order valence-corrected chi connectivity index (χ2v) is 4.36. The summed E-state index contributed by atoms with van der Waals surface area (Å²) >= 11 is 0. The molecule has 1 aliphatic carbocycles. The Labute approximate surface area is 99.2 Å². The van der Waals surface area contributed by atoms with Crippen LogP contribution in [0.1, 0.15) is 24.8 Å². The molecule has 1 aliphatic rings. The molecule has 5 nitrogen and oxygen atoms in total. The zero-order valence-corrected chi connectivity index (χ0v) is 9.63. The monoisotopic (exact) mass is 237 g/mol. The van der Waals surface area contributed by atoms with Crippen molar-refractivity contribution in [3.8, 4) is 5.75 Å². The molecule has 1 saturated carbocycles. The molecule has 5 heteroatoms. The van der Waals surface area contributed by atoms with E-state index in [1.807, 2.05) is 6.92 Å². The molecule has 1 N–H and O–H groups in total. The Morgan fingerprint density at radius 1 is 1.47 bits per heavy atom. The summed E-state index contributed by atoms with van der Waals surface area (Å²) in [5.41, 5.74) is 0.854. The number of nitro groups is 1. The second-order valence-electron chi connectivity index (χ2n) is 4.36. The third kappa shape index (κ3) is 2.55. The number of hydrogen-bond donors (Lipinski definition) is 1. The van der Waals surface area contributed by atoms with Gasteiger partial charge in [0.2, 0.25) is 0 Å². The normalized spacial score (nSPS) is 23.6. The van der Waals surface area contributed by atoms with Crippen LogP contribution in [0.3, 0.4) is 0 Å². The molecule has 0 aliphatic heterocycles. The van der Waals surface area contributed by atoms with Gasteiger partial charge in [0.15, 0.2) is 0 Å². The standard InChI is InChI=1S/C12H15NO4/c1-8-5-6-9(13(15)16)7-12(8)17-11-4-2-3-10(11)14/h5-7,10-11,14H,2-4H2,1H3. The van der Waals surface area contributed by atoms with Crippen molar-refractivity contribution in [2.45, 2.75) is 38.4 Å². The van der Waals surface area contributed by atoms with Crippen LogP contribution in [0.4, 0.5) is 5.69 Å². The zero-order valence-electron chi connectivity index (χ0n) is 9.63. The highest BCUT2D eigenvalue weighted by Gasteiger charge is 2.27. The molecule has 0 bridgehead atoms. The Balaban J connectivity index is 2.19. The van der Waals surface area contributed by atoms with Gasteiger partial charge in [-0.15, -0.1) is 0 Å². The molecule has 0 saturated heterocycles. The maximum absolute atomic E-state index is 10.7. The minimum absolute atomic E-state index is 0.0121. The van der Waals surface area contributed by atoms with E-state index in [-0.39, 0.29) is 11.8 Å². The average Bonchev–Trinajstić information content (AvgIpc) is 2.67. The Bertz CT molecular complexity index is 433. The highest BCUT2D eigenvalue weighted by molar-refractivity contribution is 5.43. The summed E-state index contributed by atoms with van der Waals surface area (Å²) in [5.74, 6) is 0.491. The first-order valence-corrected chi connectivity index (χ1v) is 5.67. The van der Waals surface area contributed by atoms with E-state index in [4.69, 9.17) is 4.74 Å². The summed E-state index contributed by atoms with van der Waals surface area (Å²) in [6.07, 6.45) is 1.76. The summed E-state index contributed by atoms with van der Waals surface area (Å²) < 4.78 is 5.65. The number of hydrogen-bond acceptors (Lipinski definition) is 4. The van der Waals surface area contributed by atoms with Crippen LogP contribution in [0.2, 0.25) is 0 Å². The van der Waals surface area contributed by atoms with Gasteiger partial charge in [-0.05, 0) is 37.8 Å². The van der Waals surface area contributed by atoms with Gasteiger partial charge in [-0.25, -0.2) is 0 Å². The minimum Gasteiger partial charge on any atom is -0.487 e. The number of nitrogens with zero attached hydrogens (tertiary/aromatic N) is 1. The number of aliphatic hydroxyl groups excluding tert-OH is 1. The van der Waals surface area contributed by atoms with Crippen molar-refractivity contribution in [2.24, 2.45) is 0 Å². The minimum atomic E-state index is -0.464. The summed E-state index contributed by atoms with van der Waals surface area (Å²) in [6.45, 7) is 1.83. The lowest BCUT2D eigenvalue weighted by molar-refractivity contribution is -0.385. The van der Waals surface area contributed by atoms with Gasteiger partial charge in [-0.3, -0.25) is 10.1 Å². The summed E-state index contributed by atoms with van der Waals surface area (Å²) in [5, 5.41) is 20.3. The SMILES string of the molecule is Cc1ccc([N+](=O)[O-])cc1OC1CCCC1O. The highest BCUT2D eigenvalue weighted by Crippen LogP contribution is 2.29. The molecule has 0 aromatic heterocycles. The maximum atomic E-state index is 10.7. The molecule has 92 valence electrons. The van der Waals surface area contributed by atoms with Crippen molar-refractivity contribution in [1.29, 1.82) is 0 Å². The number of nitro benzene ring substituents is 1. The Morgan fingerprint density at radius 2 is 2.24 bits per heavy atom. The molecule has 2 unspecified atom stereocenters. The van der Waals surface area contributed by atoms with Crippen molar-refractivity contribution in [3.63, 3.8) is 0 Å². The predicted octanol–water partition coefficient (Wildman–Crippen LogP) is 2.20. The molecule has 1 fully saturated rings. The molecule has 2 atom stereocenters. The van der Waals surface area contributed by atoms with Crippen LogP contribution >= 0.6 is 0 Å². The second kappa shape index (κ2) is 4.71. The van der Waals surface area contributed by atoms with Gasteiger partial charge in [0.25, 0.3) is 5.69 Å². The zero-order chi connectivity index (χ0) is 12.4. The van der Waals surface area contributed by atoms with Crippen molar-refractivity contribution in [3.05, 3.63) is 33.9 Å². The largest absolute Gasteiger partial charge is 0.487 e. The van der Waals surface area contributed by atoms with E-state index in [1.165, 1.54) is 12.1 Å². The molecule has 1 aromatic rings. The van der Waals surface area contributed by atoms with Crippen LogP contribution in [-0.2, 0) is 0 Å². The number of aryl methyl sites for hydroxylation is 1. The number of non-ortho nitro benzene ring substituents is 1. The molecule has 2 rings (SSSR count). The van der Waals surface area contributed by atoms with E-state index >= 15 is 0 Å². The van der Waals surface area contributed by atoms with E-state index < -0.39 is 11.0 Å².